The second kappa shape index (κ2) is 5.97. The third-order valence-corrected chi connectivity index (χ3v) is 2.51. The average Bonchev–Trinajstić information content (AvgIpc) is 2.28. The molecule has 17 heavy (non-hydrogen) atoms. The summed E-state index contributed by atoms with van der Waals surface area (Å²) in [5.74, 6) is 0. The molecule has 0 fully saturated rings. The van der Waals surface area contributed by atoms with Crippen LogP contribution in [-0.4, -0.2) is 22.4 Å². The smallest absolute Gasteiger partial charge is 0.269 e. The molecule has 0 aromatic heterocycles. The van der Waals surface area contributed by atoms with Gasteiger partial charge in [0.15, 0.2) is 0 Å². The molecule has 0 N–H and O–H groups in total. The Kier molecular flexibility index (Phi) is 4.61. The van der Waals surface area contributed by atoms with E-state index in [0.717, 1.165) is 5.56 Å². The first kappa shape index (κ1) is 13.1. The van der Waals surface area contributed by atoms with Crippen LogP contribution in [0.2, 0.25) is 0 Å². The molecule has 0 atom stereocenters. The maximum atomic E-state index is 10.6. The molecule has 0 aliphatic rings. The molecule has 0 aliphatic heterocycles. The van der Waals surface area contributed by atoms with Gasteiger partial charge in [-0.1, -0.05) is 12.1 Å². The Hall–Kier alpha value is -1.93. The van der Waals surface area contributed by atoms with E-state index in [2.05, 4.69) is 6.07 Å². The van der Waals surface area contributed by atoms with Crippen LogP contribution in [0.1, 0.15) is 19.4 Å². The molecule has 5 nitrogen and oxygen atoms in total. The number of non-ortho nitro benzene ring substituents is 1. The van der Waals surface area contributed by atoms with Gasteiger partial charge in [0.25, 0.3) is 5.69 Å². The second-order valence-corrected chi connectivity index (χ2v) is 4.08. The van der Waals surface area contributed by atoms with Crippen molar-refractivity contribution in [1.29, 1.82) is 5.26 Å². The van der Waals surface area contributed by atoms with Crippen molar-refractivity contribution in [2.45, 2.75) is 26.4 Å². The molecule has 0 amide bonds. The first-order valence-corrected chi connectivity index (χ1v) is 5.39. The topological polar surface area (TPSA) is 70.2 Å². The van der Waals surface area contributed by atoms with E-state index >= 15 is 0 Å². The summed E-state index contributed by atoms with van der Waals surface area (Å²) in [5, 5.41) is 19.3. The monoisotopic (exact) mass is 233 g/mol. The fraction of sp³-hybridized carbons (Fsp3) is 0.417. The molecule has 1 aromatic carbocycles. The van der Waals surface area contributed by atoms with Crippen molar-refractivity contribution in [3.63, 3.8) is 0 Å². The zero-order valence-corrected chi connectivity index (χ0v) is 9.96. The zero-order chi connectivity index (χ0) is 12.8. The lowest BCUT2D eigenvalue weighted by Gasteiger charge is -2.23. The molecule has 0 bridgehead atoms. The molecule has 1 aromatic rings. The summed E-state index contributed by atoms with van der Waals surface area (Å²) in [6.07, 6.45) is 0. The number of rotatable bonds is 5. The van der Waals surface area contributed by atoms with E-state index in [-0.39, 0.29) is 11.7 Å². The van der Waals surface area contributed by atoms with Crippen LogP contribution >= 0.6 is 0 Å². The first-order chi connectivity index (χ1) is 8.04. The Morgan fingerprint density at radius 3 is 2.76 bits per heavy atom. The van der Waals surface area contributed by atoms with Crippen molar-refractivity contribution < 1.29 is 4.92 Å². The highest BCUT2D eigenvalue weighted by molar-refractivity contribution is 5.34. The molecule has 0 aliphatic carbocycles. The summed E-state index contributed by atoms with van der Waals surface area (Å²) in [4.78, 5) is 12.2. The Labute approximate surface area is 100 Å². The lowest BCUT2D eigenvalue weighted by atomic mass is 10.1. The molecule has 0 spiro atoms. The lowest BCUT2D eigenvalue weighted by molar-refractivity contribution is -0.384. The molecular formula is C12H15N3O2. The van der Waals surface area contributed by atoms with Crippen LogP contribution < -0.4 is 0 Å². The van der Waals surface area contributed by atoms with Gasteiger partial charge in [0, 0.05) is 24.7 Å². The van der Waals surface area contributed by atoms with Crippen molar-refractivity contribution in [3.05, 3.63) is 39.9 Å². The maximum Gasteiger partial charge on any atom is 0.269 e. The number of nitrogens with zero attached hydrogens (tertiary/aromatic N) is 3. The van der Waals surface area contributed by atoms with Gasteiger partial charge in [-0.2, -0.15) is 5.26 Å². The summed E-state index contributed by atoms with van der Waals surface area (Å²) >= 11 is 0. The minimum Gasteiger partial charge on any atom is -0.284 e. The predicted molar refractivity (Wildman–Crippen MR) is 64.3 cm³/mol. The van der Waals surface area contributed by atoms with Crippen LogP contribution in [0.25, 0.3) is 0 Å². The maximum absolute atomic E-state index is 10.6. The van der Waals surface area contributed by atoms with Crippen molar-refractivity contribution in [1.82, 2.24) is 4.90 Å². The van der Waals surface area contributed by atoms with Crippen LogP contribution in [0.4, 0.5) is 5.69 Å². The first-order valence-electron chi connectivity index (χ1n) is 5.39. The number of nitriles is 1. The summed E-state index contributed by atoms with van der Waals surface area (Å²) in [6, 6.07) is 8.84. The molecular weight excluding hydrogens is 218 g/mol. The quantitative estimate of drug-likeness (QED) is 0.444. The molecule has 1 rings (SSSR count). The Balaban J connectivity index is 2.83. The van der Waals surface area contributed by atoms with Gasteiger partial charge in [-0.25, -0.2) is 0 Å². The Morgan fingerprint density at radius 2 is 2.24 bits per heavy atom. The molecule has 0 radical (unpaired) electrons. The number of nitro benzene ring substituents is 1. The molecule has 0 saturated heterocycles. The summed E-state index contributed by atoms with van der Waals surface area (Å²) in [6.45, 7) is 4.86. The van der Waals surface area contributed by atoms with Gasteiger partial charge in [0.2, 0.25) is 0 Å². The minimum atomic E-state index is -0.409. The molecule has 5 heteroatoms. The second-order valence-electron chi connectivity index (χ2n) is 4.08. The van der Waals surface area contributed by atoms with Gasteiger partial charge in [0.05, 0.1) is 17.5 Å². The van der Waals surface area contributed by atoms with E-state index in [0.29, 0.717) is 13.1 Å². The lowest BCUT2D eigenvalue weighted by Crippen LogP contribution is -2.30. The van der Waals surface area contributed by atoms with Gasteiger partial charge in [-0.3, -0.25) is 15.0 Å². The number of benzene rings is 1. The summed E-state index contributed by atoms with van der Waals surface area (Å²) in [7, 11) is 0. The standard InChI is InChI=1S/C12H15N3O2/c1-10(2)14(7-6-13)9-11-4-3-5-12(8-11)15(16)17/h3-5,8,10H,7,9H2,1-2H3. The Morgan fingerprint density at radius 1 is 1.53 bits per heavy atom. The van der Waals surface area contributed by atoms with Crippen LogP contribution in [-0.2, 0) is 6.54 Å². The summed E-state index contributed by atoms with van der Waals surface area (Å²) in [5.41, 5.74) is 0.936. The summed E-state index contributed by atoms with van der Waals surface area (Å²) < 4.78 is 0. The van der Waals surface area contributed by atoms with Crippen molar-refractivity contribution in [2.75, 3.05) is 6.54 Å². The zero-order valence-electron chi connectivity index (χ0n) is 9.96. The minimum absolute atomic E-state index is 0.0863. The van der Waals surface area contributed by atoms with Crippen LogP contribution in [0, 0.1) is 21.4 Å². The average molecular weight is 233 g/mol. The van der Waals surface area contributed by atoms with E-state index in [1.54, 1.807) is 12.1 Å². The molecule has 0 heterocycles. The van der Waals surface area contributed by atoms with Gasteiger partial charge >= 0.3 is 0 Å². The van der Waals surface area contributed by atoms with Gasteiger partial charge < -0.3 is 0 Å². The highest BCUT2D eigenvalue weighted by Gasteiger charge is 2.11. The van der Waals surface area contributed by atoms with E-state index in [1.165, 1.54) is 6.07 Å². The Bertz CT molecular complexity index is 438. The predicted octanol–water partition coefficient (Wildman–Crippen LogP) is 2.33. The molecule has 90 valence electrons. The third-order valence-electron chi connectivity index (χ3n) is 2.51. The largest absolute Gasteiger partial charge is 0.284 e. The van der Waals surface area contributed by atoms with Gasteiger partial charge in [0.1, 0.15) is 0 Å². The highest BCUT2D eigenvalue weighted by atomic mass is 16.6. The van der Waals surface area contributed by atoms with Crippen LogP contribution in [0.15, 0.2) is 24.3 Å². The van der Waals surface area contributed by atoms with Crippen molar-refractivity contribution in [2.24, 2.45) is 0 Å². The fourth-order valence-electron chi connectivity index (χ4n) is 1.51. The van der Waals surface area contributed by atoms with E-state index < -0.39 is 4.92 Å². The number of hydrogen-bond acceptors (Lipinski definition) is 4. The fourth-order valence-corrected chi connectivity index (χ4v) is 1.51. The van der Waals surface area contributed by atoms with Crippen LogP contribution in [0.3, 0.4) is 0 Å². The van der Waals surface area contributed by atoms with Gasteiger partial charge in [-0.15, -0.1) is 0 Å². The molecule has 0 saturated carbocycles. The van der Waals surface area contributed by atoms with Crippen LogP contribution in [0.5, 0.6) is 0 Å². The van der Waals surface area contributed by atoms with E-state index in [1.807, 2.05) is 24.8 Å². The van der Waals surface area contributed by atoms with Crippen molar-refractivity contribution >= 4 is 5.69 Å². The molecule has 0 unspecified atom stereocenters. The normalized spacial score (nSPS) is 10.5. The number of nitro groups is 1. The van der Waals surface area contributed by atoms with Gasteiger partial charge in [-0.05, 0) is 19.4 Å². The van der Waals surface area contributed by atoms with Crippen molar-refractivity contribution in [3.8, 4) is 6.07 Å². The third kappa shape index (κ3) is 3.85. The number of hydrogen-bond donors (Lipinski definition) is 0. The van der Waals surface area contributed by atoms with E-state index in [9.17, 15) is 10.1 Å². The highest BCUT2D eigenvalue weighted by Crippen LogP contribution is 2.15. The van der Waals surface area contributed by atoms with E-state index in [4.69, 9.17) is 5.26 Å². The SMILES string of the molecule is CC(C)N(CC#N)Cc1cccc([N+](=O)[O-])c1.